The summed E-state index contributed by atoms with van der Waals surface area (Å²) in [5.41, 5.74) is 6.76. The summed E-state index contributed by atoms with van der Waals surface area (Å²) in [5, 5.41) is 5.70. The van der Waals surface area contributed by atoms with Crippen LogP contribution in [0.15, 0.2) is 18.3 Å². The number of carbonyl (C=O) groups excluding carboxylic acids is 1. The zero-order valence-electron chi connectivity index (χ0n) is 10.1. The van der Waals surface area contributed by atoms with Gasteiger partial charge in [0, 0.05) is 32.6 Å². The van der Waals surface area contributed by atoms with Crippen molar-refractivity contribution in [3.05, 3.63) is 24.0 Å². The lowest BCUT2D eigenvalue weighted by Gasteiger charge is -2.17. The number of rotatable bonds is 6. The molecule has 0 aliphatic heterocycles. The predicted octanol–water partition coefficient (Wildman–Crippen LogP) is -0.173. The van der Waals surface area contributed by atoms with Gasteiger partial charge in [-0.05, 0) is 12.1 Å². The average Bonchev–Trinajstić information content (AvgIpc) is 2.37. The highest BCUT2D eigenvalue weighted by molar-refractivity contribution is 5.92. The molecule has 0 aliphatic rings. The first-order chi connectivity index (χ1) is 8.21. The Morgan fingerprint density at radius 3 is 3.00 bits per heavy atom. The molecule has 1 atom stereocenters. The second-order valence-corrected chi connectivity index (χ2v) is 3.54. The SMILES string of the molecule is CNC(=O)c1cc(NC(CN)COC)ccn1. The van der Waals surface area contributed by atoms with E-state index in [9.17, 15) is 4.79 Å². The predicted molar refractivity (Wildman–Crippen MR) is 66.0 cm³/mol. The van der Waals surface area contributed by atoms with Crippen LogP contribution in [0.4, 0.5) is 5.69 Å². The van der Waals surface area contributed by atoms with Crippen LogP contribution in [0.5, 0.6) is 0 Å². The van der Waals surface area contributed by atoms with Crippen LogP contribution in [-0.4, -0.2) is 44.2 Å². The molecular weight excluding hydrogens is 220 g/mol. The molecule has 6 nitrogen and oxygen atoms in total. The van der Waals surface area contributed by atoms with Crippen molar-refractivity contribution in [2.24, 2.45) is 5.73 Å². The highest BCUT2D eigenvalue weighted by Crippen LogP contribution is 2.09. The van der Waals surface area contributed by atoms with Crippen LogP contribution in [0.1, 0.15) is 10.5 Å². The number of anilines is 1. The lowest BCUT2D eigenvalue weighted by Crippen LogP contribution is -2.33. The fourth-order valence-corrected chi connectivity index (χ4v) is 1.38. The lowest BCUT2D eigenvalue weighted by molar-refractivity contribution is 0.0958. The molecule has 1 aromatic rings. The molecule has 0 radical (unpaired) electrons. The van der Waals surface area contributed by atoms with Crippen LogP contribution in [-0.2, 0) is 4.74 Å². The second kappa shape index (κ2) is 6.82. The van der Waals surface area contributed by atoms with E-state index < -0.39 is 0 Å². The Kier molecular flexibility index (Phi) is 5.38. The average molecular weight is 238 g/mol. The molecule has 1 aromatic heterocycles. The van der Waals surface area contributed by atoms with Crippen molar-refractivity contribution in [3.8, 4) is 0 Å². The second-order valence-electron chi connectivity index (χ2n) is 3.54. The standard InChI is InChI=1S/C11H18N4O2/c1-13-11(16)10-5-8(3-4-14-10)15-9(6-12)7-17-2/h3-5,9H,6-7,12H2,1-2H3,(H,13,16)(H,14,15). The van der Waals surface area contributed by atoms with E-state index in [4.69, 9.17) is 10.5 Å². The lowest BCUT2D eigenvalue weighted by atomic mass is 10.2. The molecule has 1 unspecified atom stereocenters. The number of methoxy groups -OCH3 is 1. The molecule has 0 fully saturated rings. The Morgan fingerprint density at radius 1 is 1.65 bits per heavy atom. The van der Waals surface area contributed by atoms with Crippen LogP contribution >= 0.6 is 0 Å². The maximum absolute atomic E-state index is 11.4. The van der Waals surface area contributed by atoms with Gasteiger partial charge in [0.15, 0.2) is 0 Å². The van der Waals surface area contributed by atoms with Gasteiger partial charge < -0.3 is 21.1 Å². The van der Waals surface area contributed by atoms with Gasteiger partial charge in [0.25, 0.3) is 5.91 Å². The van der Waals surface area contributed by atoms with Gasteiger partial charge in [-0.15, -0.1) is 0 Å². The number of ether oxygens (including phenoxy) is 1. The van der Waals surface area contributed by atoms with Crippen LogP contribution in [0.25, 0.3) is 0 Å². The monoisotopic (exact) mass is 238 g/mol. The summed E-state index contributed by atoms with van der Waals surface area (Å²) < 4.78 is 5.03. The Morgan fingerprint density at radius 2 is 2.41 bits per heavy atom. The van der Waals surface area contributed by atoms with E-state index in [2.05, 4.69) is 15.6 Å². The number of carbonyl (C=O) groups is 1. The number of amides is 1. The summed E-state index contributed by atoms with van der Waals surface area (Å²) in [4.78, 5) is 15.4. The summed E-state index contributed by atoms with van der Waals surface area (Å²) in [5.74, 6) is -0.218. The van der Waals surface area contributed by atoms with Crippen LogP contribution < -0.4 is 16.4 Å². The van der Waals surface area contributed by atoms with Gasteiger partial charge in [-0.25, -0.2) is 0 Å². The largest absolute Gasteiger partial charge is 0.383 e. The number of hydrogen-bond acceptors (Lipinski definition) is 5. The Balaban J connectivity index is 2.74. The number of pyridine rings is 1. The molecule has 17 heavy (non-hydrogen) atoms. The highest BCUT2D eigenvalue weighted by Gasteiger charge is 2.09. The maximum atomic E-state index is 11.4. The number of hydrogen-bond donors (Lipinski definition) is 3. The van der Waals surface area contributed by atoms with E-state index in [1.54, 1.807) is 32.5 Å². The van der Waals surface area contributed by atoms with Crippen LogP contribution in [0.3, 0.4) is 0 Å². The van der Waals surface area contributed by atoms with Gasteiger partial charge in [-0.2, -0.15) is 0 Å². The van der Waals surface area contributed by atoms with Crippen LogP contribution in [0, 0.1) is 0 Å². The van der Waals surface area contributed by atoms with Gasteiger partial charge >= 0.3 is 0 Å². The molecule has 1 rings (SSSR count). The van der Waals surface area contributed by atoms with E-state index in [-0.39, 0.29) is 11.9 Å². The molecule has 0 aliphatic carbocycles. The maximum Gasteiger partial charge on any atom is 0.269 e. The van der Waals surface area contributed by atoms with Gasteiger partial charge in [0.1, 0.15) is 5.69 Å². The van der Waals surface area contributed by atoms with Crippen LogP contribution in [0.2, 0.25) is 0 Å². The van der Waals surface area contributed by atoms with E-state index in [1.165, 1.54) is 0 Å². The summed E-state index contributed by atoms with van der Waals surface area (Å²) in [6, 6.07) is 3.47. The van der Waals surface area contributed by atoms with Gasteiger partial charge in [0.05, 0.1) is 12.6 Å². The highest BCUT2D eigenvalue weighted by atomic mass is 16.5. The first-order valence-corrected chi connectivity index (χ1v) is 5.35. The molecule has 0 saturated carbocycles. The molecule has 0 bridgehead atoms. The van der Waals surface area contributed by atoms with Crippen molar-refractivity contribution in [1.82, 2.24) is 10.3 Å². The van der Waals surface area contributed by atoms with E-state index in [0.717, 1.165) is 5.69 Å². The Bertz CT molecular complexity index is 370. The summed E-state index contributed by atoms with van der Waals surface area (Å²) >= 11 is 0. The molecule has 0 spiro atoms. The number of aromatic nitrogens is 1. The third kappa shape index (κ3) is 4.01. The summed E-state index contributed by atoms with van der Waals surface area (Å²) in [6.45, 7) is 0.958. The third-order valence-electron chi connectivity index (χ3n) is 2.24. The van der Waals surface area contributed by atoms with Crippen molar-refractivity contribution in [2.75, 3.05) is 32.6 Å². The normalized spacial score (nSPS) is 11.9. The Labute approximate surface area is 101 Å². The Hall–Kier alpha value is -1.66. The van der Waals surface area contributed by atoms with Crippen molar-refractivity contribution in [1.29, 1.82) is 0 Å². The van der Waals surface area contributed by atoms with E-state index in [1.807, 2.05) is 0 Å². The topological polar surface area (TPSA) is 89.3 Å². The molecule has 0 saturated heterocycles. The minimum atomic E-state index is -0.218. The van der Waals surface area contributed by atoms with Crippen molar-refractivity contribution in [2.45, 2.75) is 6.04 Å². The van der Waals surface area contributed by atoms with Gasteiger partial charge in [-0.3, -0.25) is 9.78 Å². The third-order valence-corrected chi connectivity index (χ3v) is 2.24. The minimum Gasteiger partial charge on any atom is -0.383 e. The van der Waals surface area contributed by atoms with Crippen molar-refractivity contribution < 1.29 is 9.53 Å². The van der Waals surface area contributed by atoms with E-state index >= 15 is 0 Å². The summed E-state index contributed by atoms with van der Waals surface area (Å²) in [7, 11) is 3.19. The molecule has 0 aromatic carbocycles. The molecule has 4 N–H and O–H groups in total. The molecule has 1 amide bonds. The fraction of sp³-hybridized carbons (Fsp3) is 0.455. The quantitative estimate of drug-likeness (QED) is 0.640. The first-order valence-electron chi connectivity index (χ1n) is 5.35. The number of nitrogens with one attached hydrogen (secondary N) is 2. The number of nitrogens with zero attached hydrogens (tertiary/aromatic N) is 1. The van der Waals surface area contributed by atoms with E-state index in [0.29, 0.717) is 18.8 Å². The molecule has 1 heterocycles. The van der Waals surface area contributed by atoms with Crippen molar-refractivity contribution in [3.63, 3.8) is 0 Å². The minimum absolute atomic E-state index is 0.0138. The smallest absolute Gasteiger partial charge is 0.269 e. The van der Waals surface area contributed by atoms with Gasteiger partial charge in [-0.1, -0.05) is 0 Å². The van der Waals surface area contributed by atoms with Crippen molar-refractivity contribution >= 4 is 11.6 Å². The first kappa shape index (κ1) is 13.4. The molecular formula is C11H18N4O2. The summed E-state index contributed by atoms with van der Waals surface area (Å²) in [6.07, 6.45) is 1.58. The van der Waals surface area contributed by atoms with Gasteiger partial charge in [0.2, 0.25) is 0 Å². The fourth-order valence-electron chi connectivity index (χ4n) is 1.38. The zero-order chi connectivity index (χ0) is 12.7. The number of nitrogens with two attached hydrogens (primary N) is 1. The zero-order valence-corrected chi connectivity index (χ0v) is 10.1. The molecule has 94 valence electrons. The molecule has 6 heteroatoms.